The van der Waals surface area contributed by atoms with Crippen molar-refractivity contribution in [1.82, 2.24) is 10.2 Å². The molecule has 1 atom stereocenters. The third kappa shape index (κ3) is 6.36. The fraction of sp³-hybridized carbons (Fsp3) is 0.944. The van der Waals surface area contributed by atoms with Crippen LogP contribution in [0.3, 0.4) is 0 Å². The minimum Gasteiger partial charge on any atom is -0.303 e. The Kier molecular flexibility index (Phi) is 6.69. The van der Waals surface area contributed by atoms with Crippen LogP contribution in [0.5, 0.6) is 0 Å². The Morgan fingerprint density at radius 2 is 1.90 bits per heavy atom. The summed E-state index contributed by atoms with van der Waals surface area (Å²) in [6, 6.07) is 3.54. The monoisotopic (exact) mass is 293 g/mol. The zero-order chi connectivity index (χ0) is 16.1. The van der Waals surface area contributed by atoms with Gasteiger partial charge in [0.15, 0.2) is 0 Å². The molecule has 0 saturated heterocycles. The topological polar surface area (TPSA) is 39.1 Å². The summed E-state index contributed by atoms with van der Waals surface area (Å²) in [5.41, 5.74) is 0.154. The van der Waals surface area contributed by atoms with Gasteiger partial charge in [-0.25, -0.2) is 0 Å². The third-order valence-electron chi connectivity index (χ3n) is 4.97. The Hall–Kier alpha value is -0.590. The van der Waals surface area contributed by atoms with E-state index in [0.29, 0.717) is 11.5 Å². The highest BCUT2D eigenvalue weighted by Crippen LogP contribution is 2.36. The van der Waals surface area contributed by atoms with Gasteiger partial charge in [0.25, 0.3) is 0 Å². The van der Waals surface area contributed by atoms with E-state index in [1.807, 2.05) is 6.92 Å². The lowest BCUT2D eigenvalue weighted by Gasteiger charge is -2.39. The smallest absolute Gasteiger partial charge is 0.104 e. The van der Waals surface area contributed by atoms with E-state index in [1.54, 1.807) is 0 Å². The van der Waals surface area contributed by atoms with Gasteiger partial charge in [0, 0.05) is 12.1 Å². The molecule has 1 unspecified atom stereocenters. The molecule has 0 bridgehead atoms. The molecule has 0 aromatic carbocycles. The summed E-state index contributed by atoms with van der Waals surface area (Å²) in [4.78, 5) is 2.52. The lowest BCUT2D eigenvalue weighted by Crippen LogP contribution is -2.45. The third-order valence-corrected chi connectivity index (χ3v) is 4.97. The minimum absolute atomic E-state index is 0.355. The fourth-order valence-electron chi connectivity index (χ4n) is 3.49. The first-order valence-corrected chi connectivity index (χ1v) is 8.57. The second kappa shape index (κ2) is 7.61. The maximum Gasteiger partial charge on any atom is 0.104 e. The van der Waals surface area contributed by atoms with Crippen LogP contribution in [0.25, 0.3) is 0 Å². The first kappa shape index (κ1) is 18.5. The molecule has 1 aliphatic rings. The molecule has 1 fully saturated rings. The van der Waals surface area contributed by atoms with E-state index in [2.05, 4.69) is 51.0 Å². The second-order valence-corrected chi connectivity index (χ2v) is 8.22. The molecular formula is C18H35N3. The maximum atomic E-state index is 9.38. The quantitative estimate of drug-likeness (QED) is 0.772. The second-order valence-electron chi connectivity index (χ2n) is 8.22. The van der Waals surface area contributed by atoms with Crippen LogP contribution in [0.15, 0.2) is 0 Å². The van der Waals surface area contributed by atoms with Gasteiger partial charge in [0.05, 0.1) is 6.07 Å². The number of hydrogen-bond donors (Lipinski definition) is 1. The number of nitrogens with zero attached hydrogens (tertiary/aromatic N) is 2. The van der Waals surface area contributed by atoms with E-state index in [4.69, 9.17) is 0 Å². The zero-order valence-corrected chi connectivity index (χ0v) is 15.0. The van der Waals surface area contributed by atoms with Crippen LogP contribution in [0.4, 0.5) is 0 Å². The molecule has 0 radical (unpaired) electrons. The summed E-state index contributed by atoms with van der Waals surface area (Å²) in [6.07, 6.45) is 7.33. The van der Waals surface area contributed by atoms with Gasteiger partial charge in [0.1, 0.15) is 5.54 Å². The average molecular weight is 293 g/mol. The lowest BCUT2D eigenvalue weighted by atomic mass is 9.75. The summed E-state index contributed by atoms with van der Waals surface area (Å²) >= 11 is 0. The van der Waals surface area contributed by atoms with Crippen LogP contribution in [-0.2, 0) is 0 Å². The van der Waals surface area contributed by atoms with Crippen LogP contribution in [0, 0.1) is 16.7 Å². The predicted molar refractivity (Wildman–Crippen MR) is 90.2 cm³/mol. The van der Waals surface area contributed by atoms with Gasteiger partial charge in [-0.05, 0) is 78.3 Å². The Morgan fingerprint density at radius 3 is 2.38 bits per heavy atom. The molecule has 1 rings (SSSR count). The van der Waals surface area contributed by atoms with Gasteiger partial charge in [0.2, 0.25) is 0 Å². The first-order chi connectivity index (χ1) is 9.67. The first-order valence-electron chi connectivity index (χ1n) is 8.57. The van der Waals surface area contributed by atoms with Gasteiger partial charge in [-0.1, -0.05) is 13.8 Å². The van der Waals surface area contributed by atoms with E-state index in [1.165, 1.54) is 25.7 Å². The van der Waals surface area contributed by atoms with Crippen molar-refractivity contribution in [3.8, 4) is 6.07 Å². The molecular weight excluding hydrogens is 258 g/mol. The minimum atomic E-state index is -0.385. The van der Waals surface area contributed by atoms with Crippen molar-refractivity contribution < 1.29 is 0 Å². The van der Waals surface area contributed by atoms with E-state index < -0.39 is 0 Å². The molecule has 1 aliphatic carbocycles. The molecule has 21 heavy (non-hydrogen) atoms. The van der Waals surface area contributed by atoms with Crippen molar-refractivity contribution in [2.24, 2.45) is 5.41 Å². The summed E-state index contributed by atoms with van der Waals surface area (Å²) in [5.74, 6) is 0. The molecule has 0 aromatic rings. The molecule has 0 aliphatic heterocycles. The van der Waals surface area contributed by atoms with Gasteiger partial charge >= 0.3 is 0 Å². The summed E-state index contributed by atoms with van der Waals surface area (Å²) in [7, 11) is 2.25. The zero-order valence-electron chi connectivity index (χ0n) is 15.0. The number of rotatable bonds is 7. The highest BCUT2D eigenvalue weighted by atomic mass is 15.1. The van der Waals surface area contributed by atoms with Crippen LogP contribution in [-0.4, -0.2) is 36.1 Å². The number of hydrogen-bond acceptors (Lipinski definition) is 3. The molecule has 3 heteroatoms. The number of nitriles is 1. The van der Waals surface area contributed by atoms with Crippen molar-refractivity contribution in [1.29, 1.82) is 5.26 Å². The summed E-state index contributed by atoms with van der Waals surface area (Å²) < 4.78 is 0. The fourth-order valence-corrected chi connectivity index (χ4v) is 3.49. The van der Waals surface area contributed by atoms with Crippen LogP contribution in [0.2, 0.25) is 0 Å². The molecule has 122 valence electrons. The van der Waals surface area contributed by atoms with Crippen LogP contribution >= 0.6 is 0 Å². The summed E-state index contributed by atoms with van der Waals surface area (Å²) in [6.45, 7) is 12.1. The van der Waals surface area contributed by atoms with Crippen molar-refractivity contribution in [3.05, 3.63) is 0 Å². The maximum absolute atomic E-state index is 9.38. The van der Waals surface area contributed by atoms with Crippen LogP contribution < -0.4 is 5.32 Å². The lowest BCUT2D eigenvalue weighted by molar-refractivity contribution is 0.124. The SMILES string of the molecule is CC(C)NC(C)(C#N)CCCN(C)C1CCC(C)(C)CC1. The van der Waals surface area contributed by atoms with Gasteiger partial charge in [-0.3, -0.25) is 5.32 Å². The van der Waals surface area contributed by atoms with E-state index >= 15 is 0 Å². The molecule has 0 amide bonds. The van der Waals surface area contributed by atoms with Crippen LogP contribution in [0.1, 0.15) is 73.1 Å². The molecule has 3 nitrogen and oxygen atoms in total. The molecule has 1 saturated carbocycles. The van der Waals surface area contributed by atoms with Crippen molar-refractivity contribution in [3.63, 3.8) is 0 Å². The van der Waals surface area contributed by atoms with Crippen molar-refractivity contribution >= 4 is 0 Å². The highest BCUT2D eigenvalue weighted by Gasteiger charge is 2.29. The Labute approximate surface area is 132 Å². The van der Waals surface area contributed by atoms with E-state index in [-0.39, 0.29) is 5.54 Å². The molecule has 1 N–H and O–H groups in total. The Bertz CT molecular complexity index is 346. The molecule has 0 aromatic heterocycles. The Balaban J connectivity index is 2.33. The standard InChI is InChI=1S/C18H35N3/c1-15(2)20-18(5,14-19)10-7-13-21(6)16-8-11-17(3,4)12-9-16/h15-16,20H,7-13H2,1-6H3. The van der Waals surface area contributed by atoms with Gasteiger partial charge < -0.3 is 4.90 Å². The van der Waals surface area contributed by atoms with Gasteiger partial charge in [-0.2, -0.15) is 5.26 Å². The largest absolute Gasteiger partial charge is 0.303 e. The Morgan fingerprint density at radius 1 is 1.33 bits per heavy atom. The predicted octanol–water partition coefficient (Wildman–Crippen LogP) is 3.95. The van der Waals surface area contributed by atoms with E-state index in [9.17, 15) is 5.26 Å². The number of nitrogens with one attached hydrogen (secondary N) is 1. The molecule has 0 heterocycles. The van der Waals surface area contributed by atoms with Crippen molar-refractivity contribution in [2.75, 3.05) is 13.6 Å². The normalized spacial score (nSPS) is 22.2. The average Bonchev–Trinajstić information content (AvgIpc) is 2.37. The molecule has 0 spiro atoms. The van der Waals surface area contributed by atoms with Crippen molar-refractivity contribution in [2.45, 2.75) is 90.8 Å². The summed E-state index contributed by atoms with van der Waals surface area (Å²) in [5, 5.41) is 12.8. The van der Waals surface area contributed by atoms with Gasteiger partial charge in [-0.15, -0.1) is 0 Å². The van der Waals surface area contributed by atoms with E-state index in [0.717, 1.165) is 25.4 Å². The highest BCUT2D eigenvalue weighted by molar-refractivity contribution is 5.04.